The summed E-state index contributed by atoms with van der Waals surface area (Å²) < 4.78 is 7.26. The van der Waals surface area contributed by atoms with E-state index in [2.05, 4.69) is 15.3 Å². The Hall–Kier alpha value is -3.10. The van der Waals surface area contributed by atoms with Crippen LogP contribution in [0.3, 0.4) is 0 Å². The van der Waals surface area contributed by atoms with E-state index in [1.54, 1.807) is 11.7 Å². The number of aromatic nitrogens is 3. The molecule has 0 aliphatic heterocycles. The molecule has 4 aromatic rings. The number of nitrogens with zero attached hydrogens (tertiary/aromatic N) is 1. The molecule has 0 bridgehead atoms. The summed E-state index contributed by atoms with van der Waals surface area (Å²) in [4.78, 5) is 31.5. The molecule has 9 heteroatoms. The smallest absolute Gasteiger partial charge is 0.278 e. The summed E-state index contributed by atoms with van der Waals surface area (Å²) in [5, 5.41) is 4.53. The van der Waals surface area contributed by atoms with Crippen molar-refractivity contribution in [3.63, 3.8) is 0 Å². The lowest BCUT2D eigenvalue weighted by Crippen LogP contribution is -2.25. The first-order valence-corrected chi connectivity index (χ1v) is 12.1. The van der Waals surface area contributed by atoms with Crippen LogP contribution >= 0.6 is 23.8 Å². The molecular weight excluding hydrogens is 472 g/mol. The van der Waals surface area contributed by atoms with Crippen molar-refractivity contribution in [2.75, 3.05) is 13.7 Å². The number of carbonyl (C=O) groups is 1. The van der Waals surface area contributed by atoms with E-state index in [0.717, 1.165) is 42.1 Å². The molecule has 178 valence electrons. The van der Waals surface area contributed by atoms with Crippen LogP contribution in [0, 0.1) is 4.77 Å². The van der Waals surface area contributed by atoms with E-state index < -0.39 is 0 Å². The second kappa shape index (κ2) is 10.9. The van der Waals surface area contributed by atoms with Crippen LogP contribution in [0.2, 0.25) is 5.02 Å². The fourth-order valence-corrected chi connectivity index (χ4v) is 4.41. The summed E-state index contributed by atoms with van der Waals surface area (Å²) in [5.74, 6) is 0.754. The van der Waals surface area contributed by atoms with Gasteiger partial charge in [-0.05, 0) is 67.4 Å². The third-order valence-corrected chi connectivity index (χ3v) is 6.45. The zero-order chi connectivity index (χ0) is 24.1. The van der Waals surface area contributed by atoms with Gasteiger partial charge < -0.3 is 20.0 Å². The zero-order valence-corrected chi connectivity index (χ0v) is 20.5. The van der Waals surface area contributed by atoms with E-state index in [4.69, 9.17) is 28.6 Å². The van der Waals surface area contributed by atoms with Gasteiger partial charge >= 0.3 is 0 Å². The molecule has 3 N–H and O–H groups in total. The first kappa shape index (κ1) is 24.0. The zero-order valence-electron chi connectivity index (χ0n) is 18.9. The van der Waals surface area contributed by atoms with Crippen molar-refractivity contribution in [2.24, 2.45) is 0 Å². The average molecular weight is 499 g/mol. The molecule has 0 fully saturated rings. The molecule has 0 aliphatic rings. The first-order valence-electron chi connectivity index (χ1n) is 11.3. The average Bonchev–Trinajstić information content (AvgIpc) is 3.19. The Labute approximate surface area is 207 Å². The van der Waals surface area contributed by atoms with Crippen molar-refractivity contribution in [2.45, 2.75) is 38.6 Å². The predicted molar refractivity (Wildman–Crippen MR) is 138 cm³/mol. The molecule has 4 rings (SSSR count). The molecule has 0 atom stereocenters. The highest BCUT2D eigenvalue weighted by molar-refractivity contribution is 7.71. The third kappa shape index (κ3) is 5.51. The molecular formula is C25H27ClN4O3S. The maximum Gasteiger partial charge on any atom is 0.278 e. The lowest BCUT2D eigenvalue weighted by atomic mass is 10.1. The van der Waals surface area contributed by atoms with Crippen LogP contribution in [0.4, 0.5) is 0 Å². The highest BCUT2D eigenvalue weighted by Gasteiger charge is 2.12. The van der Waals surface area contributed by atoms with Crippen molar-refractivity contribution >= 4 is 51.7 Å². The maximum atomic E-state index is 13.0. The van der Waals surface area contributed by atoms with E-state index in [9.17, 15) is 9.59 Å². The molecule has 1 amide bonds. The summed E-state index contributed by atoms with van der Waals surface area (Å²) in [7, 11) is 1.61. The molecule has 2 heterocycles. The van der Waals surface area contributed by atoms with Crippen molar-refractivity contribution in [1.82, 2.24) is 19.9 Å². The van der Waals surface area contributed by atoms with Crippen molar-refractivity contribution in [3.05, 3.63) is 68.2 Å². The van der Waals surface area contributed by atoms with E-state index in [-0.39, 0.29) is 11.5 Å². The topological polar surface area (TPSA) is 91.9 Å². The van der Waals surface area contributed by atoms with Crippen LogP contribution in [0.15, 0.2) is 47.3 Å². The summed E-state index contributed by atoms with van der Waals surface area (Å²) >= 11 is 11.3. The van der Waals surface area contributed by atoms with E-state index in [1.807, 2.05) is 42.5 Å². The van der Waals surface area contributed by atoms with Crippen molar-refractivity contribution in [3.8, 4) is 5.75 Å². The largest absolute Gasteiger partial charge is 0.497 e. The number of fused-ring (bicyclic) bond motifs is 3. The van der Waals surface area contributed by atoms with E-state index >= 15 is 0 Å². The highest BCUT2D eigenvalue weighted by Crippen LogP contribution is 2.25. The molecule has 34 heavy (non-hydrogen) atoms. The number of rotatable bonds is 10. The Bertz CT molecular complexity index is 1420. The van der Waals surface area contributed by atoms with Gasteiger partial charge in [0.2, 0.25) is 5.91 Å². The van der Waals surface area contributed by atoms with Gasteiger partial charge in [0.05, 0.1) is 12.6 Å². The second-order valence-electron chi connectivity index (χ2n) is 8.21. The number of unbranched alkanes of at least 4 members (excludes halogenated alkanes) is 2. The number of halogens is 1. The fraction of sp³-hybridized carbons (Fsp3) is 0.320. The highest BCUT2D eigenvalue weighted by atomic mass is 35.5. The number of carbonyl (C=O) groups excluding carboxylic acids is 1. The van der Waals surface area contributed by atoms with E-state index in [1.165, 1.54) is 0 Å². The van der Waals surface area contributed by atoms with Crippen molar-refractivity contribution in [1.29, 1.82) is 0 Å². The third-order valence-electron chi connectivity index (χ3n) is 5.88. The van der Waals surface area contributed by atoms with Gasteiger partial charge in [0.15, 0.2) is 4.77 Å². The Balaban J connectivity index is 1.27. The van der Waals surface area contributed by atoms with Gasteiger partial charge in [0, 0.05) is 35.4 Å². The number of benzene rings is 2. The molecule has 0 saturated carbocycles. The fourth-order valence-electron chi connectivity index (χ4n) is 4.01. The monoisotopic (exact) mass is 498 g/mol. The quantitative estimate of drug-likeness (QED) is 0.209. The van der Waals surface area contributed by atoms with Crippen LogP contribution in [0.1, 0.15) is 31.2 Å². The van der Waals surface area contributed by atoms with Gasteiger partial charge in [-0.15, -0.1) is 0 Å². The van der Waals surface area contributed by atoms with Crippen LogP contribution in [-0.2, 0) is 17.8 Å². The van der Waals surface area contributed by atoms with Gasteiger partial charge in [-0.25, -0.2) is 0 Å². The number of nitrogens with one attached hydrogen (secondary N) is 3. The SMILES string of the molecule is COc1ccc2[nH]c3c(=O)n(CCCCCC(=O)NCCc4ccc(Cl)cc4)c(=S)[nH]c3c2c1. The molecule has 0 aliphatic carbocycles. The Kier molecular flexibility index (Phi) is 7.70. The Morgan fingerprint density at radius 1 is 1.09 bits per heavy atom. The van der Waals surface area contributed by atoms with Crippen LogP contribution in [0.25, 0.3) is 21.9 Å². The molecule has 0 spiro atoms. The normalized spacial score (nSPS) is 11.2. The number of hydrogen-bond acceptors (Lipinski definition) is 4. The minimum atomic E-state index is -0.145. The summed E-state index contributed by atoms with van der Waals surface area (Å²) in [6.45, 7) is 1.10. The van der Waals surface area contributed by atoms with E-state index in [0.29, 0.717) is 46.1 Å². The molecule has 0 saturated heterocycles. The molecule has 0 radical (unpaired) electrons. The molecule has 2 aromatic carbocycles. The summed E-state index contributed by atoms with van der Waals surface area (Å²) in [6.07, 6.45) is 3.58. The van der Waals surface area contributed by atoms with Gasteiger partial charge in [0.1, 0.15) is 11.3 Å². The lowest BCUT2D eigenvalue weighted by molar-refractivity contribution is -0.121. The Morgan fingerprint density at radius 2 is 1.88 bits per heavy atom. The maximum absolute atomic E-state index is 13.0. The standard InChI is InChI=1S/C25H27ClN4O3S/c1-33-18-10-11-20-19(15-18)22-23(28-20)24(32)30(25(34)29-22)14-4-2-3-5-21(31)27-13-12-16-6-8-17(26)9-7-16/h6-11,15,28H,2-5,12-14H2,1H3,(H,27,31)(H,29,34). The number of ether oxygens (including phenoxy) is 1. The number of aromatic amines is 2. The number of amides is 1. The predicted octanol–water partition coefficient (Wildman–Crippen LogP) is 5.12. The minimum absolute atomic E-state index is 0.0401. The second-order valence-corrected chi connectivity index (χ2v) is 9.03. The number of H-pyrrole nitrogens is 2. The lowest BCUT2D eigenvalue weighted by Gasteiger charge is -2.07. The van der Waals surface area contributed by atoms with Gasteiger partial charge in [-0.3, -0.25) is 14.2 Å². The molecule has 2 aromatic heterocycles. The molecule has 0 unspecified atom stereocenters. The van der Waals surface area contributed by atoms with Crippen LogP contribution in [0.5, 0.6) is 5.75 Å². The molecule has 7 nitrogen and oxygen atoms in total. The van der Waals surface area contributed by atoms with Crippen molar-refractivity contribution < 1.29 is 9.53 Å². The number of hydrogen-bond donors (Lipinski definition) is 3. The van der Waals surface area contributed by atoms with Gasteiger partial charge in [-0.2, -0.15) is 0 Å². The summed E-state index contributed by atoms with van der Waals surface area (Å²) in [6, 6.07) is 13.2. The van der Waals surface area contributed by atoms with Crippen LogP contribution < -0.4 is 15.6 Å². The minimum Gasteiger partial charge on any atom is -0.497 e. The van der Waals surface area contributed by atoms with Gasteiger partial charge in [-0.1, -0.05) is 30.2 Å². The van der Waals surface area contributed by atoms with Crippen LogP contribution in [-0.4, -0.2) is 34.1 Å². The first-order chi connectivity index (χ1) is 16.5. The Morgan fingerprint density at radius 3 is 2.65 bits per heavy atom. The summed E-state index contributed by atoms with van der Waals surface area (Å²) in [5.41, 5.74) is 3.03. The van der Waals surface area contributed by atoms with Gasteiger partial charge in [0.25, 0.3) is 5.56 Å². The number of methoxy groups -OCH3 is 1.